The summed E-state index contributed by atoms with van der Waals surface area (Å²) in [6, 6.07) is 146. The van der Waals surface area contributed by atoms with Crippen molar-refractivity contribution in [2.45, 2.75) is 98.8 Å². The second-order valence-electron chi connectivity index (χ2n) is 35.7. The molecular formula is C125H104N10. The van der Waals surface area contributed by atoms with Gasteiger partial charge in [0, 0.05) is 78.6 Å². The highest BCUT2D eigenvalue weighted by Gasteiger charge is 2.24. The van der Waals surface area contributed by atoms with E-state index >= 15 is 0 Å². The van der Waals surface area contributed by atoms with Crippen molar-refractivity contribution in [2.75, 3.05) is 0 Å². The van der Waals surface area contributed by atoms with Crippen LogP contribution in [0.1, 0.15) is 128 Å². The Morgan fingerprint density at radius 1 is 0.156 bits per heavy atom. The zero-order valence-electron chi connectivity index (χ0n) is 77.7. The first-order valence-corrected chi connectivity index (χ1v) is 46.8. The zero-order valence-corrected chi connectivity index (χ0v) is 77.7. The van der Waals surface area contributed by atoms with Gasteiger partial charge in [0.25, 0.3) is 0 Å². The van der Waals surface area contributed by atoms with Crippen LogP contribution in [0.5, 0.6) is 0 Å². The fraction of sp³-hybridized carbons (Fsp3) is 0.120. The van der Waals surface area contributed by atoms with Gasteiger partial charge in [-0.05, 0) is 130 Å². The molecule has 0 aliphatic heterocycles. The second kappa shape index (κ2) is 39.8. The number of hydrogen-bond donors (Lipinski definition) is 0. The van der Waals surface area contributed by atoms with Gasteiger partial charge in [-0.2, -0.15) is 0 Å². The van der Waals surface area contributed by atoms with Crippen molar-refractivity contribution in [3.63, 3.8) is 0 Å². The number of hydrogen-bond acceptors (Lipinski definition) is 10. The van der Waals surface area contributed by atoms with E-state index in [1.54, 1.807) is 0 Å². The maximum atomic E-state index is 5.08. The quantitative estimate of drug-likeness (QED) is 0.0971. The Kier molecular flexibility index (Phi) is 25.9. The minimum Gasteiger partial charge on any atom is -0.249 e. The summed E-state index contributed by atoms with van der Waals surface area (Å²) in [5.74, 6) is 4.94. The first kappa shape index (κ1) is 88.0. The van der Waals surface area contributed by atoms with Crippen molar-refractivity contribution < 1.29 is 0 Å². The van der Waals surface area contributed by atoms with Gasteiger partial charge in [-0.1, -0.05) is 445 Å². The standard InChI is InChI=1S/4C27H22N2.C17H16N2/c1-18(2)27-28-24-17-23(19-11-5-3-6-12-19)21-15-9-10-16-22(21)25(24)26(29-27)20-13-7-4-8-14-20;1-18(2)27-28-25(20-13-7-4-8-14-20)24-22-16-10-9-15-21(22)17-23(26(24)29-27)19-11-5-3-6-12-19;1-18(2)27-28-24-17-16-22-21(19-10-5-3-6-11-19)14-9-15-23(22)25(24)26(29-27)20-12-7-4-8-13-20;1-18(2)27-28-24-16-14-22-17-21(19-9-5-3-6-10-19)13-15-23(22)25(24)26(29-27)20-11-7-4-8-12-20;1-12(2)16-17(13-8-4-3-5-9-13)19-15-11-7-6-10-14(15)18-16/h4*3-18H,1-2H3;3-12H,1-2H3. The van der Waals surface area contributed by atoms with E-state index in [0.717, 1.165) is 145 Å². The molecule has 10 heteroatoms. The molecule has 5 heterocycles. The predicted molar refractivity (Wildman–Crippen MR) is 567 cm³/mol. The van der Waals surface area contributed by atoms with Gasteiger partial charge in [0.05, 0.1) is 67.3 Å². The van der Waals surface area contributed by atoms with Crippen LogP contribution in [0.3, 0.4) is 0 Å². The Bertz CT molecular complexity index is 8080. The highest BCUT2D eigenvalue weighted by Crippen LogP contribution is 2.45. The fourth-order valence-electron chi connectivity index (χ4n) is 17.9. The summed E-state index contributed by atoms with van der Waals surface area (Å²) in [4.78, 5) is 49.5. The van der Waals surface area contributed by atoms with Gasteiger partial charge in [0.2, 0.25) is 0 Å². The van der Waals surface area contributed by atoms with Gasteiger partial charge >= 0.3 is 0 Å². The second-order valence-corrected chi connectivity index (χ2v) is 35.7. The maximum absolute atomic E-state index is 5.08. The van der Waals surface area contributed by atoms with Gasteiger partial charge in [0.1, 0.15) is 23.3 Å². The monoisotopic (exact) mass is 1740 g/mol. The molecule has 0 aliphatic rings. The highest BCUT2D eigenvalue weighted by molar-refractivity contribution is 6.20. The largest absolute Gasteiger partial charge is 0.249 e. The zero-order chi connectivity index (χ0) is 92.4. The molecule has 0 radical (unpaired) electrons. The molecule has 0 spiro atoms. The van der Waals surface area contributed by atoms with Gasteiger partial charge in [-0.3, -0.25) is 0 Å². The molecular weight excluding hydrogens is 1640 g/mol. The first-order valence-electron chi connectivity index (χ1n) is 46.8. The Balaban J connectivity index is 0.000000109. The van der Waals surface area contributed by atoms with Gasteiger partial charge in [-0.15, -0.1) is 0 Å². The molecule has 0 amide bonds. The summed E-state index contributed by atoms with van der Waals surface area (Å²) in [7, 11) is 0. The molecule has 654 valence electrons. The van der Waals surface area contributed by atoms with Gasteiger partial charge in [0.15, 0.2) is 0 Å². The normalized spacial score (nSPS) is 11.4. The molecule has 0 bridgehead atoms. The molecule has 0 atom stereocenters. The van der Waals surface area contributed by atoms with Crippen molar-refractivity contribution in [3.8, 4) is 101 Å². The van der Waals surface area contributed by atoms with E-state index in [-0.39, 0.29) is 23.7 Å². The van der Waals surface area contributed by atoms with Crippen LogP contribution in [0.25, 0.3) is 199 Å². The first-order chi connectivity index (χ1) is 66.1. The van der Waals surface area contributed by atoms with E-state index in [1.165, 1.54) is 82.0 Å². The lowest BCUT2D eigenvalue weighted by Gasteiger charge is -2.16. The topological polar surface area (TPSA) is 129 Å². The Morgan fingerprint density at radius 2 is 0.474 bits per heavy atom. The van der Waals surface area contributed by atoms with Crippen LogP contribution in [-0.4, -0.2) is 49.8 Å². The van der Waals surface area contributed by atoms with Crippen molar-refractivity contribution >= 4 is 97.7 Å². The summed E-state index contributed by atoms with van der Waals surface area (Å²) in [5.41, 5.74) is 27.3. The average Bonchev–Trinajstić information content (AvgIpc) is 0.748. The predicted octanol–water partition coefficient (Wildman–Crippen LogP) is 33.4. The van der Waals surface area contributed by atoms with Crippen molar-refractivity contribution in [3.05, 3.63) is 448 Å². The summed E-state index contributed by atoms with van der Waals surface area (Å²) in [6.45, 7) is 21.5. The summed E-state index contributed by atoms with van der Waals surface area (Å²) < 4.78 is 0. The van der Waals surface area contributed by atoms with E-state index in [2.05, 4.69) is 415 Å². The number of aromatic nitrogens is 10. The number of fused-ring (bicyclic) bond motifs is 13. The number of nitrogens with zero attached hydrogens (tertiary/aromatic N) is 10. The molecule has 23 aromatic rings. The Labute approximate surface area is 789 Å². The van der Waals surface area contributed by atoms with E-state index in [9.17, 15) is 0 Å². The minimum atomic E-state index is 0.247. The molecule has 23 rings (SSSR count). The molecule has 0 saturated carbocycles. The molecule has 135 heavy (non-hydrogen) atoms. The molecule has 18 aromatic carbocycles. The molecule has 0 aliphatic carbocycles. The molecule has 10 nitrogen and oxygen atoms in total. The van der Waals surface area contributed by atoms with E-state index < -0.39 is 0 Å². The van der Waals surface area contributed by atoms with E-state index in [0.29, 0.717) is 5.92 Å². The molecule has 0 N–H and O–H groups in total. The highest BCUT2D eigenvalue weighted by atomic mass is 14.9. The van der Waals surface area contributed by atoms with Crippen LogP contribution in [0.15, 0.2) is 419 Å². The van der Waals surface area contributed by atoms with Crippen LogP contribution < -0.4 is 0 Å². The Morgan fingerprint density at radius 3 is 0.941 bits per heavy atom. The SMILES string of the molecule is CC(C)c1nc(-c2ccccc2)c2c(cc(-c3ccccc3)c3ccccc32)n1.CC(C)c1nc(-c2ccccc2)c2c(ccc3c(-c4ccccc4)cccc32)n1.CC(C)c1nc(-c2ccccc2)c2c(ccc3cc(-c4ccccc4)ccc32)n1.CC(C)c1nc(-c2ccccc2)c2c(n1)c(-c1ccccc1)cc1ccccc12.CC(C)c1nc2ccccc2nc1-c1ccccc1. The molecule has 0 saturated heterocycles. The number of para-hydroxylation sites is 2. The fourth-order valence-corrected chi connectivity index (χ4v) is 17.9. The van der Waals surface area contributed by atoms with Crippen molar-refractivity contribution in [1.82, 2.24) is 49.8 Å². The average molecular weight is 1750 g/mol. The third-order valence-corrected chi connectivity index (χ3v) is 24.7. The molecule has 0 unspecified atom stereocenters. The van der Waals surface area contributed by atoms with Crippen LogP contribution in [0, 0.1) is 0 Å². The molecule has 5 aromatic heterocycles. The molecule has 0 fully saturated rings. The van der Waals surface area contributed by atoms with Crippen molar-refractivity contribution in [2.24, 2.45) is 0 Å². The van der Waals surface area contributed by atoms with Crippen LogP contribution in [0.4, 0.5) is 0 Å². The van der Waals surface area contributed by atoms with Gasteiger partial charge in [-0.25, -0.2) is 49.8 Å². The summed E-state index contributed by atoms with van der Waals surface area (Å²) in [6.07, 6.45) is 0. The van der Waals surface area contributed by atoms with Crippen LogP contribution in [0.2, 0.25) is 0 Å². The third kappa shape index (κ3) is 18.8. The van der Waals surface area contributed by atoms with Gasteiger partial charge < -0.3 is 0 Å². The smallest absolute Gasteiger partial charge is 0.132 e. The number of benzene rings is 18. The summed E-state index contributed by atoms with van der Waals surface area (Å²) >= 11 is 0. The third-order valence-electron chi connectivity index (χ3n) is 24.7. The minimum absolute atomic E-state index is 0.247. The van der Waals surface area contributed by atoms with E-state index in [4.69, 9.17) is 49.8 Å². The van der Waals surface area contributed by atoms with Crippen LogP contribution >= 0.6 is 0 Å². The lowest BCUT2D eigenvalue weighted by Crippen LogP contribution is -2.02. The lowest BCUT2D eigenvalue weighted by atomic mass is 9.93. The lowest BCUT2D eigenvalue weighted by molar-refractivity contribution is 0.785. The number of rotatable bonds is 14. The van der Waals surface area contributed by atoms with E-state index in [1.807, 2.05) is 72.8 Å². The maximum Gasteiger partial charge on any atom is 0.132 e. The summed E-state index contributed by atoms with van der Waals surface area (Å²) in [5, 5.41) is 14.1. The van der Waals surface area contributed by atoms with Crippen molar-refractivity contribution in [1.29, 1.82) is 0 Å². The van der Waals surface area contributed by atoms with Crippen LogP contribution in [-0.2, 0) is 0 Å². The Hall–Kier alpha value is -16.3.